The lowest BCUT2D eigenvalue weighted by molar-refractivity contribution is 0.108. The Labute approximate surface area is 137 Å². The number of carbonyl (C=O) groups is 1. The largest absolute Gasteiger partial charge is 0.393 e. The quantitative estimate of drug-likeness (QED) is 0.846. The Morgan fingerprint density at radius 1 is 1.23 bits per heavy atom. The van der Waals surface area contributed by atoms with Crippen LogP contribution in [-0.2, 0) is 6.54 Å². The molecule has 0 aliphatic heterocycles. The van der Waals surface area contributed by atoms with Crippen LogP contribution in [0.25, 0.3) is 0 Å². The summed E-state index contributed by atoms with van der Waals surface area (Å²) in [7, 11) is 5.62. The number of aliphatic hydroxyl groups is 1. The molecule has 1 aliphatic rings. The third-order valence-corrected chi connectivity index (χ3v) is 5.16. The standard InChI is InChI=1S/C17H26N2O2S/c1-18(2)17(21)22-15-9-7-13(8-10-15)11-19(3)12-14-5-4-6-16(14)20/h7-10,14,16,20H,4-6,11-12H2,1-3H3. The van der Waals surface area contributed by atoms with Gasteiger partial charge < -0.3 is 14.9 Å². The van der Waals surface area contributed by atoms with Crippen LogP contribution in [0, 0.1) is 5.92 Å². The maximum atomic E-state index is 11.7. The van der Waals surface area contributed by atoms with Crippen molar-refractivity contribution in [3.63, 3.8) is 0 Å². The van der Waals surface area contributed by atoms with Crippen molar-refractivity contribution < 1.29 is 9.90 Å². The fourth-order valence-corrected chi connectivity index (χ4v) is 3.52. The molecule has 2 atom stereocenters. The van der Waals surface area contributed by atoms with Crippen LogP contribution in [0.3, 0.4) is 0 Å². The second-order valence-corrected chi connectivity index (χ2v) is 7.39. The molecule has 1 aromatic rings. The zero-order valence-electron chi connectivity index (χ0n) is 13.7. The maximum Gasteiger partial charge on any atom is 0.285 e. The van der Waals surface area contributed by atoms with E-state index in [4.69, 9.17) is 0 Å². The van der Waals surface area contributed by atoms with E-state index in [1.54, 1.807) is 19.0 Å². The van der Waals surface area contributed by atoms with Crippen LogP contribution in [0.1, 0.15) is 24.8 Å². The summed E-state index contributed by atoms with van der Waals surface area (Å²) in [5.41, 5.74) is 1.23. The highest BCUT2D eigenvalue weighted by atomic mass is 32.2. The Hall–Kier alpha value is -1.04. The van der Waals surface area contributed by atoms with Crippen LogP contribution >= 0.6 is 11.8 Å². The molecule has 1 aromatic carbocycles. The van der Waals surface area contributed by atoms with E-state index in [1.807, 2.05) is 12.1 Å². The molecule has 1 amide bonds. The van der Waals surface area contributed by atoms with Gasteiger partial charge in [-0.1, -0.05) is 18.6 Å². The predicted molar refractivity (Wildman–Crippen MR) is 91.1 cm³/mol. The van der Waals surface area contributed by atoms with Crippen LogP contribution in [0.4, 0.5) is 4.79 Å². The first kappa shape index (κ1) is 17.3. The van der Waals surface area contributed by atoms with Crippen LogP contribution < -0.4 is 0 Å². The van der Waals surface area contributed by atoms with Crippen molar-refractivity contribution in [3.8, 4) is 0 Å². The molecule has 22 heavy (non-hydrogen) atoms. The molecule has 122 valence electrons. The Bertz CT molecular complexity index is 490. The number of hydrogen-bond donors (Lipinski definition) is 1. The summed E-state index contributed by atoms with van der Waals surface area (Å²) in [6.45, 7) is 1.81. The Kier molecular flexibility index (Phi) is 6.29. The smallest absolute Gasteiger partial charge is 0.285 e. The molecule has 1 fully saturated rings. The van der Waals surface area contributed by atoms with Gasteiger partial charge in [0.1, 0.15) is 0 Å². The maximum absolute atomic E-state index is 11.7. The molecule has 2 rings (SSSR count). The number of hydrogen-bond acceptors (Lipinski definition) is 4. The van der Waals surface area contributed by atoms with Gasteiger partial charge in [0.05, 0.1) is 6.10 Å². The molecule has 4 nitrogen and oxygen atoms in total. The van der Waals surface area contributed by atoms with Gasteiger partial charge in [0.2, 0.25) is 0 Å². The second kappa shape index (κ2) is 7.99. The number of amides is 1. The number of rotatable bonds is 5. The van der Waals surface area contributed by atoms with Gasteiger partial charge in [0.25, 0.3) is 5.24 Å². The van der Waals surface area contributed by atoms with Gasteiger partial charge in [-0.3, -0.25) is 4.79 Å². The first-order chi connectivity index (χ1) is 10.5. The normalized spacial score (nSPS) is 21.3. The molecule has 5 heteroatoms. The number of carbonyl (C=O) groups excluding carboxylic acids is 1. The van der Waals surface area contributed by atoms with E-state index < -0.39 is 0 Å². The Morgan fingerprint density at radius 3 is 2.45 bits per heavy atom. The number of aliphatic hydroxyl groups excluding tert-OH is 1. The molecule has 1 N–H and O–H groups in total. The molecule has 0 bridgehead atoms. The SMILES string of the molecule is CN(Cc1ccc(SC(=O)N(C)C)cc1)CC1CCCC1O. The number of nitrogens with zero attached hydrogens (tertiary/aromatic N) is 2. The molecule has 0 aromatic heterocycles. The Balaban J connectivity index is 1.84. The van der Waals surface area contributed by atoms with Gasteiger partial charge in [-0.25, -0.2) is 0 Å². The van der Waals surface area contributed by atoms with Crippen LogP contribution in [-0.4, -0.2) is 53.9 Å². The molecular formula is C17H26N2O2S. The summed E-state index contributed by atoms with van der Waals surface area (Å²) in [6.07, 6.45) is 3.10. The van der Waals surface area contributed by atoms with Crippen molar-refractivity contribution in [3.05, 3.63) is 29.8 Å². The lowest BCUT2D eigenvalue weighted by atomic mass is 10.1. The first-order valence-electron chi connectivity index (χ1n) is 7.80. The fraction of sp³-hybridized carbons (Fsp3) is 0.588. The molecule has 2 unspecified atom stereocenters. The van der Waals surface area contributed by atoms with Crippen molar-refractivity contribution in [1.82, 2.24) is 9.80 Å². The van der Waals surface area contributed by atoms with E-state index in [9.17, 15) is 9.90 Å². The Morgan fingerprint density at radius 2 is 1.91 bits per heavy atom. The summed E-state index contributed by atoms with van der Waals surface area (Å²) in [6, 6.07) is 8.15. The molecule has 1 saturated carbocycles. The van der Waals surface area contributed by atoms with Crippen LogP contribution in [0.5, 0.6) is 0 Å². The minimum atomic E-state index is -0.127. The molecule has 1 aliphatic carbocycles. The average molecular weight is 322 g/mol. The van der Waals surface area contributed by atoms with Crippen molar-refractivity contribution >= 4 is 17.0 Å². The van der Waals surface area contributed by atoms with E-state index in [-0.39, 0.29) is 11.3 Å². The summed E-state index contributed by atoms with van der Waals surface area (Å²) in [5, 5.41) is 9.95. The van der Waals surface area contributed by atoms with Gasteiger partial charge in [0.15, 0.2) is 0 Å². The third-order valence-electron chi connectivity index (χ3n) is 4.11. The second-order valence-electron chi connectivity index (χ2n) is 6.36. The minimum absolute atomic E-state index is 0.0417. The number of benzene rings is 1. The van der Waals surface area contributed by atoms with Crippen LogP contribution in [0.15, 0.2) is 29.2 Å². The molecule has 0 saturated heterocycles. The predicted octanol–water partition coefficient (Wildman–Crippen LogP) is 3.05. The zero-order chi connectivity index (χ0) is 16.1. The molecular weight excluding hydrogens is 296 g/mol. The van der Waals surface area contributed by atoms with Crippen molar-refractivity contribution in [1.29, 1.82) is 0 Å². The molecule has 0 spiro atoms. The highest BCUT2D eigenvalue weighted by molar-refractivity contribution is 8.13. The fourth-order valence-electron chi connectivity index (χ4n) is 2.86. The third kappa shape index (κ3) is 5.00. The number of thioether (sulfide) groups is 1. The van der Waals surface area contributed by atoms with Crippen LogP contribution in [0.2, 0.25) is 0 Å². The lowest BCUT2D eigenvalue weighted by Gasteiger charge is -2.23. The first-order valence-corrected chi connectivity index (χ1v) is 8.62. The summed E-state index contributed by atoms with van der Waals surface area (Å²) in [4.78, 5) is 16.5. The minimum Gasteiger partial charge on any atom is -0.393 e. The lowest BCUT2D eigenvalue weighted by Crippen LogP contribution is -2.29. The zero-order valence-corrected chi connectivity index (χ0v) is 14.5. The topological polar surface area (TPSA) is 43.8 Å². The average Bonchev–Trinajstić information content (AvgIpc) is 2.86. The van der Waals surface area contributed by atoms with Crippen molar-refractivity contribution in [2.24, 2.45) is 5.92 Å². The molecule has 0 radical (unpaired) electrons. The summed E-state index contributed by atoms with van der Waals surface area (Å²) >= 11 is 1.25. The van der Waals surface area contributed by atoms with Gasteiger partial charge in [-0.15, -0.1) is 0 Å². The van der Waals surface area contributed by atoms with E-state index in [0.29, 0.717) is 5.92 Å². The van der Waals surface area contributed by atoms with Crippen molar-refractivity contribution in [2.75, 3.05) is 27.7 Å². The van der Waals surface area contributed by atoms with E-state index in [1.165, 1.54) is 17.3 Å². The molecule has 0 heterocycles. The summed E-state index contributed by atoms with van der Waals surface area (Å²) < 4.78 is 0. The highest BCUT2D eigenvalue weighted by Gasteiger charge is 2.25. The van der Waals surface area contributed by atoms with E-state index in [0.717, 1.165) is 37.2 Å². The monoisotopic (exact) mass is 322 g/mol. The van der Waals surface area contributed by atoms with Gasteiger partial charge in [-0.05, 0) is 55.3 Å². The van der Waals surface area contributed by atoms with Crippen molar-refractivity contribution in [2.45, 2.75) is 36.8 Å². The highest BCUT2D eigenvalue weighted by Crippen LogP contribution is 2.26. The van der Waals surface area contributed by atoms with E-state index >= 15 is 0 Å². The van der Waals surface area contributed by atoms with Gasteiger partial charge in [-0.2, -0.15) is 0 Å². The van der Waals surface area contributed by atoms with E-state index in [2.05, 4.69) is 24.1 Å². The van der Waals surface area contributed by atoms with Gasteiger partial charge in [0, 0.05) is 32.1 Å². The summed E-state index contributed by atoms with van der Waals surface area (Å²) in [5.74, 6) is 0.414. The van der Waals surface area contributed by atoms with Gasteiger partial charge >= 0.3 is 0 Å².